The normalized spacial score (nSPS) is 11.1. The molecule has 0 saturated carbocycles. The van der Waals surface area contributed by atoms with Crippen LogP contribution in [0.15, 0.2) is 22.7 Å². The van der Waals surface area contributed by atoms with Crippen molar-refractivity contribution in [2.75, 3.05) is 13.6 Å². The van der Waals surface area contributed by atoms with Gasteiger partial charge in [-0.05, 0) is 32.1 Å². The summed E-state index contributed by atoms with van der Waals surface area (Å²) in [5.41, 5.74) is 0.763. The van der Waals surface area contributed by atoms with Gasteiger partial charge in [-0.2, -0.15) is 0 Å². The van der Waals surface area contributed by atoms with Crippen LogP contribution in [0.1, 0.15) is 12.2 Å². The Morgan fingerprint density at radius 1 is 1.47 bits per heavy atom. The molecule has 4 heteroatoms. The largest absolute Gasteiger partial charge is 0.360 e. The number of benzene rings is 1. The van der Waals surface area contributed by atoms with Crippen molar-refractivity contribution in [2.45, 2.75) is 12.8 Å². The minimum atomic E-state index is 0.649. The zero-order valence-corrected chi connectivity index (χ0v) is 9.34. The molecule has 3 nitrogen and oxygen atoms in total. The quantitative estimate of drug-likeness (QED) is 0.812. The summed E-state index contributed by atoms with van der Waals surface area (Å²) in [6.07, 6.45) is 1.92. The fourth-order valence-electron chi connectivity index (χ4n) is 1.59. The molecule has 1 aromatic heterocycles. The minimum Gasteiger partial charge on any atom is -0.360 e. The molecule has 1 N–H and O–H groups in total. The van der Waals surface area contributed by atoms with E-state index >= 15 is 0 Å². The number of aryl methyl sites for hydroxylation is 1. The van der Waals surface area contributed by atoms with E-state index in [4.69, 9.17) is 16.1 Å². The van der Waals surface area contributed by atoms with E-state index in [0.717, 1.165) is 36.0 Å². The van der Waals surface area contributed by atoms with Gasteiger partial charge in [-0.3, -0.25) is 0 Å². The lowest BCUT2D eigenvalue weighted by atomic mass is 10.1. The molecule has 0 fully saturated rings. The number of rotatable bonds is 4. The highest BCUT2D eigenvalue weighted by molar-refractivity contribution is 6.35. The Hall–Kier alpha value is -1.06. The molecular weight excluding hydrogens is 212 g/mol. The van der Waals surface area contributed by atoms with E-state index in [1.165, 1.54) is 0 Å². The third kappa shape index (κ3) is 2.13. The summed E-state index contributed by atoms with van der Waals surface area (Å²) < 4.78 is 5.28. The molecule has 2 aromatic rings. The van der Waals surface area contributed by atoms with E-state index in [-0.39, 0.29) is 0 Å². The lowest BCUT2D eigenvalue weighted by Crippen LogP contribution is -2.08. The zero-order chi connectivity index (χ0) is 10.7. The summed E-state index contributed by atoms with van der Waals surface area (Å²) in [4.78, 5) is 0. The minimum absolute atomic E-state index is 0.649. The monoisotopic (exact) mass is 224 g/mol. The van der Waals surface area contributed by atoms with Gasteiger partial charge in [-0.15, -0.1) is 0 Å². The van der Waals surface area contributed by atoms with Gasteiger partial charge in [0.05, 0.1) is 5.02 Å². The number of nitrogens with one attached hydrogen (secondary N) is 1. The number of aromatic nitrogens is 1. The Morgan fingerprint density at radius 2 is 2.33 bits per heavy atom. The van der Waals surface area contributed by atoms with Crippen LogP contribution in [0.5, 0.6) is 0 Å². The lowest BCUT2D eigenvalue weighted by Gasteiger charge is -1.96. The van der Waals surface area contributed by atoms with Crippen LogP contribution in [-0.4, -0.2) is 18.7 Å². The molecule has 1 aromatic carbocycles. The number of hydrogen-bond donors (Lipinski definition) is 1. The maximum atomic E-state index is 6.00. The topological polar surface area (TPSA) is 38.1 Å². The highest BCUT2D eigenvalue weighted by atomic mass is 35.5. The second kappa shape index (κ2) is 4.64. The fraction of sp³-hybridized carbons (Fsp3) is 0.364. The van der Waals surface area contributed by atoms with Crippen LogP contribution < -0.4 is 5.32 Å². The SMILES string of the molecule is CNCCCc1onc2c(Cl)cccc12. The smallest absolute Gasteiger partial charge is 0.144 e. The number of nitrogens with zero attached hydrogens (tertiary/aromatic N) is 1. The van der Waals surface area contributed by atoms with E-state index in [1.807, 2.05) is 25.2 Å². The third-order valence-electron chi connectivity index (χ3n) is 2.36. The van der Waals surface area contributed by atoms with Gasteiger partial charge in [-0.25, -0.2) is 0 Å². The first kappa shape index (κ1) is 10.5. The maximum Gasteiger partial charge on any atom is 0.144 e. The Kier molecular flexibility index (Phi) is 3.23. The summed E-state index contributed by atoms with van der Waals surface area (Å²) in [7, 11) is 1.94. The van der Waals surface area contributed by atoms with Crippen LogP contribution in [0.3, 0.4) is 0 Å². The van der Waals surface area contributed by atoms with Crippen molar-refractivity contribution in [3.05, 3.63) is 29.0 Å². The van der Waals surface area contributed by atoms with E-state index < -0.39 is 0 Å². The van der Waals surface area contributed by atoms with Crippen molar-refractivity contribution in [3.63, 3.8) is 0 Å². The van der Waals surface area contributed by atoms with Crippen molar-refractivity contribution >= 4 is 22.5 Å². The molecule has 0 unspecified atom stereocenters. The molecule has 0 atom stereocenters. The molecule has 0 saturated heterocycles. The van der Waals surface area contributed by atoms with E-state index in [1.54, 1.807) is 0 Å². The van der Waals surface area contributed by atoms with Crippen LogP contribution in [0.25, 0.3) is 10.9 Å². The predicted octanol–water partition coefficient (Wildman–Crippen LogP) is 2.63. The van der Waals surface area contributed by atoms with Gasteiger partial charge < -0.3 is 9.84 Å². The molecule has 1 heterocycles. The molecule has 0 radical (unpaired) electrons. The van der Waals surface area contributed by atoms with E-state index in [9.17, 15) is 0 Å². The summed E-state index contributed by atoms with van der Waals surface area (Å²) in [5.74, 6) is 0.919. The average Bonchev–Trinajstić information content (AvgIpc) is 2.64. The van der Waals surface area contributed by atoms with Crippen LogP contribution in [-0.2, 0) is 6.42 Å². The van der Waals surface area contributed by atoms with Crippen molar-refractivity contribution in [2.24, 2.45) is 0 Å². The van der Waals surface area contributed by atoms with Gasteiger partial charge in [0.15, 0.2) is 0 Å². The predicted molar refractivity (Wildman–Crippen MR) is 61.3 cm³/mol. The van der Waals surface area contributed by atoms with E-state index in [2.05, 4.69) is 10.5 Å². The molecule has 80 valence electrons. The van der Waals surface area contributed by atoms with Gasteiger partial charge >= 0.3 is 0 Å². The van der Waals surface area contributed by atoms with Gasteiger partial charge in [-0.1, -0.05) is 22.8 Å². The molecule has 0 bridgehead atoms. The Labute approximate surface area is 93.4 Å². The van der Waals surface area contributed by atoms with Crippen molar-refractivity contribution in [3.8, 4) is 0 Å². The van der Waals surface area contributed by atoms with Crippen LogP contribution in [0.4, 0.5) is 0 Å². The first-order valence-electron chi connectivity index (χ1n) is 5.00. The van der Waals surface area contributed by atoms with Crippen LogP contribution in [0.2, 0.25) is 5.02 Å². The molecule has 0 aliphatic rings. The maximum absolute atomic E-state index is 6.00. The Morgan fingerprint density at radius 3 is 3.13 bits per heavy atom. The van der Waals surface area contributed by atoms with Gasteiger partial charge in [0, 0.05) is 11.8 Å². The number of fused-ring (bicyclic) bond motifs is 1. The molecule has 0 aliphatic carbocycles. The second-order valence-corrected chi connectivity index (χ2v) is 3.86. The summed E-state index contributed by atoms with van der Waals surface area (Å²) in [6.45, 7) is 0.975. The molecule has 0 amide bonds. The molecule has 0 spiro atoms. The fourth-order valence-corrected chi connectivity index (χ4v) is 1.80. The summed E-state index contributed by atoms with van der Waals surface area (Å²) >= 11 is 6.00. The van der Waals surface area contributed by atoms with Crippen LogP contribution >= 0.6 is 11.6 Å². The first-order chi connectivity index (χ1) is 7.33. The Bertz CT molecular complexity index is 453. The van der Waals surface area contributed by atoms with Gasteiger partial charge in [0.1, 0.15) is 11.3 Å². The van der Waals surface area contributed by atoms with Crippen LogP contribution in [0, 0.1) is 0 Å². The standard InChI is InChI=1S/C11H13ClN2O/c1-13-7-3-6-10-8-4-2-5-9(12)11(8)14-15-10/h2,4-5,13H,3,6-7H2,1H3. The summed E-state index contributed by atoms with van der Waals surface area (Å²) in [5, 5.41) is 8.75. The van der Waals surface area contributed by atoms with E-state index in [0.29, 0.717) is 5.02 Å². The zero-order valence-electron chi connectivity index (χ0n) is 8.59. The van der Waals surface area contributed by atoms with Gasteiger partial charge in [0.2, 0.25) is 0 Å². The third-order valence-corrected chi connectivity index (χ3v) is 2.67. The van der Waals surface area contributed by atoms with Crippen molar-refractivity contribution in [1.82, 2.24) is 10.5 Å². The van der Waals surface area contributed by atoms with Crippen molar-refractivity contribution < 1.29 is 4.52 Å². The van der Waals surface area contributed by atoms with Crippen molar-refractivity contribution in [1.29, 1.82) is 0 Å². The lowest BCUT2D eigenvalue weighted by molar-refractivity contribution is 0.388. The molecule has 0 aliphatic heterocycles. The first-order valence-corrected chi connectivity index (χ1v) is 5.38. The Balaban J connectivity index is 2.25. The average molecular weight is 225 g/mol. The number of hydrogen-bond acceptors (Lipinski definition) is 3. The summed E-state index contributed by atoms with van der Waals surface area (Å²) in [6, 6.07) is 5.74. The second-order valence-electron chi connectivity index (χ2n) is 3.45. The molecule has 15 heavy (non-hydrogen) atoms. The molecular formula is C11H13ClN2O. The highest BCUT2D eigenvalue weighted by Crippen LogP contribution is 2.25. The van der Waals surface area contributed by atoms with Gasteiger partial charge in [0.25, 0.3) is 0 Å². The molecule has 2 rings (SSSR count). The highest BCUT2D eigenvalue weighted by Gasteiger charge is 2.09. The number of halogens is 1.